The molecular formula is C16H15N5O3. The Morgan fingerprint density at radius 1 is 1.25 bits per heavy atom. The van der Waals surface area contributed by atoms with E-state index in [0.29, 0.717) is 11.5 Å². The lowest BCUT2D eigenvalue weighted by Crippen LogP contribution is -2.29. The molecule has 122 valence electrons. The number of anilines is 1. The van der Waals surface area contributed by atoms with Crippen molar-refractivity contribution in [3.8, 4) is 11.4 Å². The monoisotopic (exact) mass is 325 g/mol. The number of aromatic amines is 1. The molecule has 1 aromatic carbocycles. The Morgan fingerprint density at radius 2 is 2.08 bits per heavy atom. The topological polar surface area (TPSA) is 120 Å². The highest BCUT2D eigenvalue weighted by Gasteiger charge is 2.10. The number of nitrogens with zero attached hydrogens (tertiary/aromatic N) is 2. The van der Waals surface area contributed by atoms with Gasteiger partial charge in [-0.05, 0) is 30.3 Å². The van der Waals surface area contributed by atoms with Crippen LogP contribution in [0.4, 0.5) is 5.95 Å². The standard InChI is InChI=1S/C16H15N5O3/c1-17-16-18-5-4-12(21-16)13-7-10-6-9(2-3-11(10)20-13)15(24)19-8-14(22)23/h2-7,20H,8H2,1H3,(H,19,24)(H,22,23)(H,17,18,21). The van der Waals surface area contributed by atoms with Crippen LogP contribution in [0.5, 0.6) is 0 Å². The molecule has 0 bridgehead atoms. The molecule has 0 unspecified atom stereocenters. The summed E-state index contributed by atoms with van der Waals surface area (Å²) in [6.07, 6.45) is 1.66. The van der Waals surface area contributed by atoms with E-state index >= 15 is 0 Å². The lowest BCUT2D eigenvalue weighted by Gasteiger charge is -2.02. The number of aliphatic carboxylic acids is 1. The molecule has 3 rings (SSSR count). The van der Waals surface area contributed by atoms with Crippen molar-refractivity contribution in [3.63, 3.8) is 0 Å². The lowest BCUT2D eigenvalue weighted by molar-refractivity contribution is -0.135. The first-order chi connectivity index (χ1) is 11.6. The van der Waals surface area contributed by atoms with Gasteiger partial charge < -0.3 is 20.7 Å². The van der Waals surface area contributed by atoms with Crippen LogP contribution in [0.15, 0.2) is 36.5 Å². The molecule has 0 atom stereocenters. The first kappa shape index (κ1) is 15.5. The van der Waals surface area contributed by atoms with E-state index in [1.165, 1.54) is 0 Å². The van der Waals surface area contributed by atoms with Gasteiger partial charge in [-0.25, -0.2) is 9.97 Å². The van der Waals surface area contributed by atoms with Gasteiger partial charge in [-0.1, -0.05) is 0 Å². The van der Waals surface area contributed by atoms with E-state index in [-0.39, 0.29) is 0 Å². The number of fused-ring (bicyclic) bond motifs is 1. The Bertz CT molecular complexity index is 919. The Balaban J connectivity index is 1.91. The molecular weight excluding hydrogens is 310 g/mol. The number of H-pyrrole nitrogens is 1. The van der Waals surface area contributed by atoms with Gasteiger partial charge in [0.25, 0.3) is 5.91 Å². The van der Waals surface area contributed by atoms with Crippen LogP contribution in [0, 0.1) is 0 Å². The molecule has 24 heavy (non-hydrogen) atoms. The SMILES string of the molecule is CNc1nccc(-c2cc3cc(C(=O)NCC(=O)O)ccc3[nH]2)n1. The third-order valence-corrected chi connectivity index (χ3v) is 3.44. The van der Waals surface area contributed by atoms with Crippen molar-refractivity contribution in [1.82, 2.24) is 20.3 Å². The predicted octanol–water partition coefficient (Wildman–Crippen LogP) is 1.48. The molecule has 0 radical (unpaired) electrons. The van der Waals surface area contributed by atoms with Gasteiger partial charge in [0, 0.05) is 29.7 Å². The molecule has 0 aliphatic rings. The summed E-state index contributed by atoms with van der Waals surface area (Å²) in [6, 6.07) is 8.78. The van der Waals surface area contributed by atoms with Crippen LogP contribution in [0.2, 0.25) is 0 Å². The number of hydrogen-bond acceptors (Lipinski definition) is 5. The summed E-state index contributed by atoms with van der Waals surface area (Å²) in [6.45, 7) is -0.414. The summed E-state index contributed by atoms with van der Waals surface area (Å²) in [7, 11) is 1.74. The van der Waals surface area contributed by atoms with E-state index in [1.54, 1.807) is 37.5 Å². The average Bonchev–Trinajstić information content (AvgIpc) is 3.02. The number of benzene rings is 1. The van der Waals surface area contributed by atoms with Crippen LogP contribution < -0.4 is 10.6 Å². The predicted molar refractivity (Wildman–Crippen MR) is 88.8 cm³/mol. The molecule has 3 aromatic rings. The van der Waals surface area contributed by atoms with E-state index in [2.05, 4.69) is 25.6 Å². The maximum Gasteiger partial charge on any atom is 0.322 e. The number of rotatable bonds is 5. The van der Waals surface area contributed by atoms with Crippen molar-refractivity contribution in [2.45, 2.75) is 0 Å². The van der Waals surface area contributed by atoms with Gasteiger partial charge in [-0.3, -0.25) is 9.59 Å². The van der Waals surface area contributed by atoms with E-state index < -0.39 is 18.4 Å². The van der Waals surface area contributed by atoms with Crippen LogP contribution in [0.3, 0.4) is 0 Å². The summed E-state index contributed by atoms with van der Waals surface area (Å²) in [5.41, 5.74) is 2.77. The van der Waals surface area contributed by atoms with Gasteiger partial charge >= 0.3 is 5.97 Å². The number of carboxylic acid groups (broad SMARTS) is 1. The molecule has 0 saturated heterocycles. The minimum absolute atomic E-state index is 0.396. The Morgan fingerprint density at radius 3 is 2.83 bits per heavy atom. The van der Waals surface area contributed by atoms with E-state index in [0.717, 1.165) is 22.3 Å². The number of carbonyl (C=O) groups is 2. The number of carbonyl (C=O) groups excluding carboxylic acids is 1. The summed E-state index contributed by atoms with van der Waals surface area (Å²) >= 11 is 0. The van der Waals surface area contributed by atoms with Crippen molar-refractivity contribution >= 4 is 28.7 Å². The van der Waals surface area contributed by atoms with Gasteiger partial charge in [0.1, 0.15) is 6.54 Å². The van der Waals surface area contributed by atoms with Crippen molar-refractivity contribution in [2.75, 3.05) is 18.9 Å². The second-order valence-electron chi connectivity index (χ2n) is 5.08. The lowest BCUT2D eigenvalue weighted by atomic mass is 10.1. The molecule has 8 heteroatoms. The van der Waals surface area contributed by atoms with Crippen molar-refractivity contribution in [1.29, 1.82) is 0 Å². The van der Waals surface area contributed by atoms with Crippen molar-refractivity contribution in [2.24, 2.45) is 0 Å². The Kier molecular flexibility index (Phi) is 4.11. The highest BCUT2D eigenvalue weighted by atomic mass is 16.4. The summed E-state index contributed by atoms with van der Waals surface area (Å²) in [5, 5.41) is 14.7. The fourth-order valence-corrected chi connectivity index (χ4v) is 2.30. The molecule has 2 heterocycles. The summed E-state index contributed by atoms with van der Waals surface area (Å²) in [4.78, 5) is 34.1. The Labute approximate surface area is 136 Å². The van der Waals surface area contributed by atoms with E-state index in [1.807, 2.05) is 6.07 Å². The zero-order valence-corrected chi connectivity index (χ0v) is 12.8. The number of amides is 1. The summed E-state index contributed by atoms with van der Waals surface area (Å²) < 4.78 is 0. The highest BCUT2D eigenvalue weighted by molar-refractivity contribution is 5.99. The van der Waals surface area contributed by atoms with Crippen LogP contribution >= 0.6 is 0 Å². The van der Waals surface area contributed by atoms with Crippen LogP contribution in [0.1, 0.15) is 10.4 Å². The number of aromatic nitrogens is 3. The summed E-state index contributed by atoms with van der Waals surface area (Å²) in [5.74, 6) is -1.00. The first-order valence-electron chi connectivity index (χ1n) is 7.21. The second-order valence-corrected chi connectivity index (χ2v) is 5.08. The Hall–Kier alpha value is -3.42. The third-order valence-electron chi connectivity index (χ3n) is 3.44. The quantitative estimate of drug-likeness (QED) is 0.564. The second kappa shape index (κ2) is 6.37. The van der Waals surface area contributed by atoms with Crippen molar-refractivity contribution in [3.05, 3.63) is 42.1 Å². The molecule has 8 nitrogen and oxygen atoms in total. The third kappa shape index (κ3) is 3.17. The van der Waals surface area contributed by atoms with Crippen LogP contribution in [0.25, 0.3) is 22.3 Å². The fourth-order valence-electron chi connectivity index (χ4n) is 2.30. The molecule has 0 saturated carbocycles. The zero-order chi connectivity index (χ0) is 17.1. The van der Waals surface area contributed by atoms with Crippen LogP contribution in [-0.4, -0.2) is 45.5 Å². The molecule has 4 N–H and O–H groups in total. The fraction of sp³-hybridized carbons (Fsp3) is 0.125. The minimum atomic E-state index is -1.09. The largest absolute Gasteiger partial charge is 0.480 e. The molecule has 0 aliphatic carbocycles. The van der Waals surface area contributed by atoms with Gasteiger partial charge in [0.15, 0.2) is 0 Å². The molecule has 1 amide bonds. The number of hydrogen-bond donors (Lipinski definition) is 4. The van der Waals surface area contributed by atoms with Crippen molar-refractivity contribution < 1.29 is 14.7 Å². The smallest absolute Gasteiger partial charge is 0.322 e. The maximum atomic E-state index is 11.9. The van der Waals surface area contributed by atoms with E-state index in [4.69, 9.17) is 5.11 Å². The van der Waals surface area contributed by atoms with Gasteiger partial charge in [-0.2, -0.15) is 0 Å². The first-order valence-corrected chi connectivity index (χ1v) is 7.21. The molecule has 0 fully saturated rings. The molecule has 0 spiro atoms. The molecule has 0 aliphatic heterocycles. The minimum Gasteiger partial charge on any atom is -0.480 e. The van der Waals surface area contributed by atoms with E-state index in [9.17, 15) is 9.59 Å². The normalized spacial score (nSPS) is 10.5. The maximum absolute atomic E-state index is 11.9. The van der Waals surface area contributed by atoms with Crippen LogP contribution in [-0.2, 0) is 4.79 Å². The highest BCUT2D eigenvalue weighted by Crippen LogP contribution is 2.24. The molecule has 2 aromatic heterocycles. The average molecular weight is 325 g/mol. The van der Waals surface area contributed by atoms with Gasteiger partial charge in [0.05, 0.1) is 11.4 Å². The van der Waals surface area contributed by atoms with Gasteiger partial charge in [0.2, 0.25) is 5.95 Å². The zero-order valence-electron chi connectivity index (χ0n) is 12.8. The van der Waals surface area contributed by atoms with Gasteiger partial charge in [-0.15, -0.1) is 0 Å². The number of carboxylic acids is 1. The number of nitrogens with one attached hydrogen (secondary N) is 3.